The summed E-state index contributed by atoms with van der Waals surface area (Å²) in [5.74, 6) is 0. The van der Waals surface area contributed by atoms with Crippen LogP contribution in [0.3, 0.4) is 0 Å². The number of hydrogen-bond acceptors (Lipinski definition) is 2. The molecule has 0 aliphatic carbocycles. The second kappa shape index (κ2) is 2.46. The first-order valence-electron chi connectivity index (χ1n) is 3.32. The Kier molecular flexibility index (Phi) is 1.86. The summed E-state index contributed by atoms with van der Waals surface area (Å²) in [5, 5.41) is 2.00. The molecule has 0 N–H and O–H groups in total. The van der Waals surface area contributed by atoms with Gasteiger partial charge in [-0.3, -0.25) is 4.84 Å². The molecule has 1 saturated heterocycles. The monoisotopic (exact) mass is 115 g/mol. The summed E-state index contributed by atoms with van der Waals surface area (Å²) in [5.41, 5.74) is 0. The molecule has 8 heavy (non-hydrogen) atoms. The largest absolute Gasteiger partial charge is 0.275 e. The van der Waals surface area contributed by atoms with E-state index in [2.05, 4.69) is 13.8 Å². The molecule has 0 amide bonds. The third-order valence-electron chi connectivity index (χ3n) is 1.38. The molecule has 0 aromatic carbocycles. The quantitative estimate of drug-likeness (QED) is 0.516. The van der Waals surface area contributed by atoms with E-state index in [-0.39, 0.29) is 0 Å². The Hall–Kier alpha value is -0.0800. The normalized spacial score (nSPS) is 35.2. The third-order valence-corrected chi connectivity index (χ3v) is 1.38. The number of hydrogen-bond donors (Lipinski definition) is 0. The lowest BCUT2D eigenvalue weighted by Crippen LogP contribution is -1.98. The van der Waals surface area contributed by atoms with E-state index in [9.17, 15) is 0 Å². The van der Waals surface area contributed by atoms with Crippen molar-refractivity contribution in [1.82, 2.24) is 5.06 Å². The fourth-order valence-electron chi connectivity index (χ4n) is 0.851. The van der Waals surface area contributed by atoms with Crippen LogP contribution >= 0.6 is 0 Å². The summed E-state index contributed by atoms with van der Waals surface area (Å²) in [6, 6.07) is 0. The van der Waals surface area contributed by atoms with Gasteiger partial charge in [0.05, 0.1) is 0 Å². The maximum atomic E-state index is 5.14. The minimum absolute atomic E-state index is 0.463. The van der Waals surface area contributed by atoms with Crippen LogP contribution in [0.15, 0.2) is 0 Å². The SMILES string of the molecule is CCCC1ON1CC. The van der Waals surface area contributed by atoms with E-state index in [1.54, 1.807) is 0 Å². The zero-order chi connectivity index (χ0) is 5.98. The molecule has 2 atom stereocenters. The van der Waals surface area contributed by atoms with Gasteiger partial charge in [0.2, 0.25) is 0 Å². The highest BCUT2D eigenvalue weighted by Gasteiger charge is 2.32. The highest BCUT2D eigenvalue weighted by molar-refractivity contribution is 4.62. The van der Waals surface area contributed by atoms with Gasteiger partial charge in [0.15, 0.2) is 6.23 Å². The predicted molar refractivity (Wildman–Crippen MR) is 32.2 cm³/mol. The van der Waals surface area contributed by atoms with Crippen LogP contribution in [-0.2, 0) is 4.84 Å². The average Bonchev–Trinajstić information content (AvgIpc) is 2.48. The summed E-state index contributed by atoms with van der Waals surface area (Å²) in [6.07, 6.45) is 2.87. The average molecular weight is 115 g/mol. The van der Waals surface area contributed by atoms with E-state index >= 15 is 0 Å². The van der Waals surface area contributed by atoms with Crippen molar-refractivity contribution in [2.24, 2.45) is 0 Å². The maximum absolute atomic E-state index is 5.14. The summed E-state index contributed by atoms with van der Waals surface area (Å²) in [4.78, 5) is 5.14. The predicted octanol–water partition coefficient (Wildman–Crippen LogP) is 1.38. The fourth-order valence-corrected chi connectivity index (χ4v) is 0.851. The molecule has 0 aromatic heterocycles. The Balaban J connectivity index is 1.99. The Morgan fingerprint density at radius 1 is 1.50 bits per heavy atom. The van der Waals surface area contributed by atoms with Crippen LogP contribution < -0.4 is 0 Å². The molecule has 1 aliphatic rings. The van der Waals surface area contributed by atoms with Gasteiger partial charge in [0.25, 0.3) is 0 Å². The molecule has 2 heteroatoms. The molecule has 2 unspecified atom stereocenters. The lowest BCUT2D eigenvalue weighted by molar-refractivity contribution is 0.206. The number of hydroxylamine groups is 2. The topological polar surface area (TPSA) is 15.5 Å². The van der Waals surface area contributed by atoms with Gasteiger partial charge in [-0.2, -0.15) is 5.06 Å². The van der Waals surface area contributed by atoms with Crippen molar-refractivity contribution < 1.29 is 4.84 Å². The van der Waals surface area contributed by atoms with E-state index in [1.807, 2.05) is 5.06 Å². The van der Waals surface area contributed by atoms with Crippen LogP contribution in [-0.4, -0.2) is 17.8 Å². The molecule has 1 aliphatic heterocycles. The zero-order valence-corrected chi connectivity index (χ0v) is 5.55. The van der Waals surface area contributed by atoms with Gasteiger partial charge >= 0.3 is 0 Å². The maximum Gasteiger partial charge on any atom is 0.154 e. The van der Waals surface area contributed by atoms with Gasteiger partial charge in [-0.1, -0.05) is 13.3 Å². The Labute approximate surface area is 50.4 Å². The first kappa shape index (κ1) is 6.05. The van der Waals surface area contributed by atoms with Crippen LogP contribution in [0.5, 0.6) is 0 Å². The Bertz CT molecular complexity index is 74.9. The Morgan fingerprint density at radius 3 is 2.62 bits per heavy atom. The van der Waals surface area contributed by atoms with Crippen LogP contribution in [0.25, 0.3) is 0 Å². The van der Waals surface area contributed by atoms with Crippen LogP contribution in [0.4, 0.5) is 0 Å². The van der Waals surface area contributed by atoms with E-state index in [4.69, 9.17) is 4.84 Å². The summed E-state index contributed by atoms with van der Waals surface area (Å²) in [7, 11) is 0. The van der Waals surface area contributed by atoms with Gasteiger partial charge < -0.3 is 0 Å². The highest BCUT2D eigenvalue weighted by Crippen LogP contribution is 2.22. The van der Waals surface area contributed by atoms with Gasteiger partial charge in [-0.15, -0.1) is 0 Å². The molecular weight excluding hydrogens is 102 g/mol. The van der Waals surface area contributed by atoms with E-state index in [1.165, 1.54) is 12.8 Å². The number of nitrogens with zero attached hydrogens (tertiary/aromatic N) is 1. The molecule has 0 spiro atoms. The van der Waals surface area contributed by atoms with Crippen LogP contribution in [0, 0.1) is 0 Å². The van der Waals surface area contributed by atoms with Gasteiger partial charge in [0, 0.05) is 6.54 Å². The smallest absolute Gasteiger partial charge is 0.154 e. The molecular formula is C6H13NO. The number of rotatable bonds is 3. The van der Waals surface area contributed by atoms with Gasteiger partial charge in [-0.25, -0.2) is 0 Å². The molecule has 0 radical (unpaired) electrons. The minimum atomic E-state index is 0.463. The van der Waals surface area contributed by atoms with Gasteiger partial charge in [-0.05, 0) is 13.3 Å². The molecule has 0 aromatic rings. The zero-order valence-electron chi connectivity index (χ0n) is 5.55. The van der Waals surface area contributed by atoms with Crippen molar-refractivity contribution in [2.75, 3.05) is 6.54 Å². The first-order chi connectivity index (χ1) is 3.88. The van der Waals surface area contributed by atoms with Gasteiger partial charge in [0.1, 0.15) is 0 Å². The minimum Gasteiger partial charge on any atom is -0.275 e. The lowest BCUT2D eigenvalue weighted by atomic mass is 10.3. The molecule has 1 fully saturated rings. The van der Waals surface area contributed by atoms with E-state index in [0.29, 0.717) is 6.23 Å². The molecule has 0 saturated carbocycles. The molecule has 1 rings (SSSR count). The second-order valence-corrected chi connectivity index (χ2v) is 2.08. The highest BCUT2D eigenvalue weighted by atomic mass is 16.8. The Morgan fingerprint density at radius 2 is 2.25 bits per heavy atom. The van der Waals surface area contributed by atoms with Crippen molar-refractivity contribution in [3.05, 3.63) is 0 Å². The molecule has 1 heterocycles. The molecule has 48 valence electrons. The van der Waals surface area contributed by atoms with Crippen molar-refractivity contribution in [2.45, 2.75) is 32.9 Å². The second-order valence-electron chi connectivity index (χ2n) is 2.08. The van der Waals surface area contributed by atoms with Crippen molar-refractivity contribution in [3.8, 4) is 0 Å². The van der Waals surface area contributed by atoms with Crippen LogP contribution in [0.1, 0.15) is 26.7 Å². The summed E-state index contributed by atoms with van der Waals surface area (Å²) < 4.78 is 0. The molecule has 2 nitrogen and oxygen atoms in total. The van der Waals surface area contributed by atoms with Crippen molar-refractivity contribution >= 4 is 0 Å². The third kappa shape index (κ3) is 1.20. The lowest BCUT2D eigenvalue weighted by Gasteiger charge is -1.86. The van der Waals surface area contributed by atoms with Crippen molar-refractivity contribution in [1.29, 1.82) is 0 Å². The summed E-state index contributed by atoms with van der Waals surface area (Å²) in [6.45, 7) is 5.32. The van der Waals surface area contributed by atoms with Crippen molar-refractivity contribution in [3.63, 3.8) is 0 Å². The molecule has 0 bridgehead atoms. The fraction of sp³-hybridized carbons (Fsp3) is 1.00. The first-order valence-corrected chi connectivity index (χ1v) is 3.32. The standard InChI is InChI=1S/C6H13NO/c1-3-5-6-7(4-2)8-6/h6H,3-5H2,1-2H3. The van der Waals surface area contributed by atoms with E-state index in [0.717, 1.165) is 6.54 Å². The summed E-state index contributed by atoms with van der Waals surface area (Å²) >= 11 is 0. The van der Waals surface area contributed by atoms with Crippen LogP contribution in [0.2, 0.25) is 0 Å². The van der Waals surface area contributed by atoms with E-state index < -0.39 is 0 Å².